The first-order chi connectivity index (χ1) is 8.31. The Morgan fingerprint density at radius 1 is 1.39 bits per heavy atom. The van der Waals surface area contributed by atoms with Gasteiger partial charge in [-0.3, -0.25) is 9.36 Å². The number of aryl methyl sites for hydroxylation is 1. The van der Waals surface area contributed by atoms with Crippen molar-refractivity contribution in [3.05, 3.63) is 26.9 Å². The van der Waals surface area contributed by atoms with E-state index in [1.54, 1.807) is 0 Å². The van der Waals surface area contributed by atoms with E-state index in [0.29, 0.717) is 0 Å². The monoisotopic (exact) mass is 304 g/mol. The van der Waals surface area contributed by atoms with Gasteiger partial charge in [-0.25, -0.2) is 4.98 Å². The molecule has 0 unspecified atom stereocenters. The minimum absolute atomic E-state index is 0.105. The molecule has 102 valence electrons. The summed E-state index contributed by atoms with van der Waals surface area (Å²) >= 11 is 11.1. The molecule has 0 aliphatic heterocycles. The molecule has 0 fully saturated rings. The summed E-state index contributed by atoms with van der Waals surface area (Å²) in [5, 5.41) is -0.318. The standard InChI is InChI=1S/C9H9Cl2F3N2O2/c10-6-7(11)15-5-16(8(6)17)2-1-3-18-4-9(12,13)14/h5H,1-4H2. The Hall–Kier alpha value is -0.790. The van der Waals surface area contributed by atoms with Crippen molar-refractivity contribution in [2.75, 3.05) is 13.2 Å². The highest BCUT2D eigenvalue weighted by atomic mass is 35.5. The maximum atomic E-state index is 11.7. The van der Waals surface area contributed by atoms with E-state index in [2.05, 4.69) is 9.72 Å². The van der Waals surface area contributed by atoms with Gasteiger partial charge in [-0.05, 0) is 6.42 Å². The summed E-state index contributed by atoms with van der Waals surface area (Å²) < 4.78 is 40.8. The van der Waals surface area contributed by atoms with Crippen molar-refractivity contribution in [1.82, 2.24) is 9.55 Å². The maximum absolute atomic E-state index is 11.7. The molecule has 0 bridgehead atoms. The van der Waals surface area contributed by atoms with Gasteiger partial charge in [0.05, 0.1) is 6.33 Å². The zero-order chi connectivity index (χ0) is 13.8. The van der Waals surface area contributed by atoms with E-state index in [9.17, 15) is 18.0 Å². The van der Waals surface area contributed by atoms with Crippen LogP contribution in [0.3, 0.4) is 0 Å². The number of aromatic nitrogens is 2. The van der Waals surface area contributed by atoms with Gasteiger partial charge in [0.1, 0.15) is 11.6 Å². The Morgan fingerprint density at radius 3 is 2.67 bits per heavy atom. The van der Waals surface area contributed by atoms with Crippen LogP contribution in [0.5, 0.6) is 0 Å². The molecule has 0 aromatic carbocycles. The van der Waals surface area contributed by atoms with Crippen molar-refractivity contribution in [2.24, 2.45) is 0 Å². The molecule has 0 spiro atoms. The first-order valence-electron chi connectivity index (χ1n) is 4.86. The first-order valence-corrected chi connectivity index (χ1v) is 5.62. The van der Waals surface area contributed by atoms with E-state index < -0.39 is 18.3 Å². The highest BCUT2D eigenvalue weighted by Crippen LogP contribution is 2.14. The van der Waals surface area contributed by atoms with Crippen molar-refractivity contribution in [1.29, 1.82) is 0 Å². The van der Waals surface area contributed by atoms with Crippen molar-refractivity contribution in [3.8, 4) is 0 Å². The van der Waals surface area contributed by atoms with Gasteiger partial charge in [-0.1, -0.05) is 23.2 Å². The Bertz CT molecular complexity index is 462. The van der Waals surface area contributed by atoms with Crippen molar-refractivity contribution in [3.63, 3.8) is 0 Å². The molecule has 0 radical (unpaired) electrons. The summed E-state index contributed by atoms with van der Waals surface area (Å²) in [5.41, 5.74) is -0.535. The third-order valence-electron chi connectivity index (χ3n) is 1.89. The normalized spacial score (nSPS) is 11.8. The summed E-state index contributed by atoms with van der Waals surface area (Å²) in [7, 11) is 0. The number of halogens is 5. The van der Waals surface area contributed by atoms with Crippen LogP contribution >= 0.6 is 23.2 Å². The molecule has 0 amide bonds. The predicted molar refractivity (Wildman–Crippen MR) is 60.0 cm³/mol. The molecule has 0 N–H and O–H groups in total. The van der Waals surface area contributed by atoms with Gasteiger partial charge in [0.15, 0.2) is 5.15 Å². The SMILES string of the molecule is O=c1c(Cl)c(Cl)ncn1CCCOCC(F)(F)F. The Labute approximate surface area is 110 Å². The van der Waals surface area contributed by atoms with Crippen LogP contribution in [0.1, 0.15) is 6.42 Å². The smallest absolute Gasteiger partial charge is 0.372 e. The Kier molecular flexibility index (Phi) is 5.43. The average molecular weight is 305 g/mol. The second-order valence-corrected chi connectivity index (χ2v) is 4.11. The fourth-order valence-corrected chi connectivity index (χ4v) is 1.41. The zero-order valence-corrected chi connectivity index (χ0v) is 10.5. The fourth-order valence-electron chi connectivity index (χ4n) is 1.13. The summed E-state index contributed by atoms with van der Waals surface area (Å²) in [5.74, 6) is 0. The van der Waals surface area contributed by atoms with E-state index in [1.165, 1.54) is 6.33 Å². The third-order valence-corrected chi connectivity index (χ3v) is 2.62. The van der Waals surface area contributed by atoms with Gasteiger partial charge in [0, 0.05) is 13.2 Å². The summed E-state index contributed by atoms with van der Waals surface area (Å²) in [6.07, 6.45) is -2.93. The quantitative estimate of drug-likeness (QED) is 0.620. The molecule has 1 aromatic heterocycles. The highest BCUT2D eigenvalue weighted by molar-refractivity contribution is 6.40. The maximum Gasteiger partial charge on any atom is 0.411 e. The number of hydrogen-bond acceptors (Lipinski definition) is 3. The van der Waals surface area contributed by atoms with E-state index in [1.807, 2.05) is 0 Å². The lowest BCUT2D eigenvalue weighted by Crippen LogP contribution is -2.22. The van der Waals surface area contributed by atoms with Crippen LogP contribution in [0, 0.1) is 0 Å². The summed E-state index contributed by atoms with van der Waals surface area (Å²) in [6, 6.07) is 0. The van der Waals surface area contributed by atoms with Gasteiger partial charge < -0.3 is 4.74 Å². The first kappa shape index (κ1) is 15.3. The Balaban J connectivity index is 2.41. The lowest BCUT2D eigenvalue weighted by atomic mass is 10.4. The lowest BCUT2D eigenvalue weighted by molar-refractivity contribution is -0.174. The molecule has 1 aromatic rings. The summed E-state index contributed by atoms with van der Waals surface area (Å²) in [6.45, 7) is -1.27. The largest absolute Gasteiger partial charge is 0.411 e. The zero-order valence-electron chi connectivity index (χ0n) is 9.01. The highest BCUT2D eigenvalue weighted by Gasteiger charge is 2.27. The van der Waals surface area contributed by atoms with Crippen molar-refractivity contribution in [2.45, 2.75) is 19.1 Å². The van der Waals surface area contributed by atoms with Crippen LogP contribution in [0.2, 0.25) is 10.2 Å². The van der Waals surface area contributed by atoms with Crippen LogP contribution in [0.15, 0.2) is 11.1 Å². The molecule has 0 aliphatic rings. The van der Waals surface area contributed by atoms with Crippen LogP contribution in [-0.4, -0.2) is 28.9 Å². The van der Waals surface area contributed by atoms with Crippen LogP contribution in [0.4, 0.5) is 13.2 Å². The number of ether oxygens (including phenoxy) is 1. The molecule has 1 rings (SSSR count). The Morgan fingerprint density at radius 2 is 2.06 bits per heavy atom. The average Bonchev–Trinajstić information content (AvgIpc) is 2.27. The second-order valence-electron chi connectivity index (χ2n) is 3.37. The van der Waals surface area contributed by atoms with E-state index >= 15 is 0 Å². The molecular weight excluding hydrogens is 296 g/mol. The lowest BCUT2D eigenvalue weighted by Gasteiger charge is -2.08. The van der Waals surface area contributed by atoms with Gasteiger partial charge in [-0.2, -0.15) is 13.2 Å². The van der Waals surface area contributed by atoms with Gasteiger partial charge >= 0.3 is 6.18 Å². The molecule has 0 saturated carbocycles. The second kappa shape index (κ2) is 6.40. The van der Waals surface area contributed by atoms with Gasteiger partial charge in [-0.15, -0.1) is 0 Å². The number of nitrogens with zero attached hydrogens (tertiary/aromatic N) is 2. The van der Waals surface area contributed by atoms with Crippen molar-refractivity contribution >= 4 is 23.2 Å². The minimum atomic E-state index is -4.35. The molecule has 0 aliphatic carbocycles. The molecule has 18 heavy (non-hydrogen) atoms. The van der Waals surface area contributed by atoms with Crippen LogP contribution in [-0.2, 0) is 11.3 Å². The number of rotatable bonds is 5. The molecule has 0 saturated heterocycles. The topological polar surface area (TPSA) is 44.1 Å². The number of alkyl halides is 3. The van der Waals surface area contributed by atoms with Gasteiger partial charge in [0.25, 0.3) is 5.56 Å². The van der Waals surface area contributed by atoms with Crippen LogP contribution < -0.4 is 5.56 Å². The van der Waals surface area contributed by atoms with E-state index in [4.69, 9.17) is 23.2 Å². The predicted octanol–water partition coefficient (Wildman–Crippen LogP) is 2.52. The van der Waals surface area contributed by atoms with Crippen molar-refractivity contribution < 1.29 is 17.9 Å². The third kappa shape index (κ3) is 4.83. The van der Waals surface area contributed by atoms with E-state index in [0.717, 1.165) is 4.57 Å². The fraction of sp³-hybridized carbons (Fsp3) is 0.556. The molecule has 0 atom stereocenters. The molecule has 9 heteroatoms. The van der Waals surface area contributed by atoms with E-state index in [-0.39, 0.29) is 29.7 Å². The molecule has 4 nitrogen and oxygen atoms in total. The molecular formula is C9H9Cl2F3N2O2. The molecule has 1 heterocycles. The van der Waals surface area contributed by atoms with Crippen LogP contribution in [0.25, 0.3) is 0 Å². The number of hydrogen-bond donors (Lipinski definition) is 0. The van der Waals surface area contributed by atoms with Gasteiger partial charge in [0.2, 0.25) is 0 Å². The summed E-state index contributed by atoms with van der Waals surface area (Å²) in [4.78, 5) is 15.2. The minimum Gasteiger partial charge on any atom is -0.372 e.